The number of carbonyl (C=O) groups excluding carboxylic acids is 2. The fourth-order valence-corrected chi connectivity index (χ4v) is 3.59. The molecule has 3 rings (SSSR count). The molecule has 2 aliphatic rings. The average Bonchev–Trinajstić information content (AvgIpc) is 2.89. The molecule has 1 N–H and O–H groups in total. The third kappa shape index (κ3) is 2.65. The van der Waals surface area contributed by atoms with Gasteiger partial charge in [0.05, 0.1) is 12.0 Å². The zero-order chi connectivity index (χ0) is 15.7. The standard InChI is InChI=1S/C18H22N2O2/c1-12-6-3-4-7-14(12)13(2)10-17(21)20-9-5-8-15-16(20)11-19-18(15)22/h3-4,6-7,10,15-16H,5,8-9,11H2,1-2H3,(H,19,22)/b13-10+/t15-,16-/m1/s1. The van der Waals surface area contributed by atoms with E-state index < -0.39 is 0 Å². The number of allylic oxidation sites excluding steroid dienone is 1. The number of hydrogen-bond donors (Lipinski definition) is 1. The van der Waals surface area contributed by atoms with Gasteiger partial charge in [0.15, 0.2) is 0 Å². The van der Waals surface area contributed by atoms with Gasteiger partial charge in [0.2, 0.25) is 11.8 Å². The van der Waals surface area contributed by atoms with Crippen LogP contribution in [0.15, 0.2) is 30.3 Å². The van der Waals surface area contributed by atoms with E-state index in [1.54, 1.807) is 6.08 Å². The third-order valence-corrected chi connectivity index (χ3v) is 4.79. The van der Waals surface area contributed by atoms with Crippen molar-refractivity contribution in [2.24, 2.45) is 5.92 Å². The minimum Gasteiger partial charge on any atom is -0.354 e. The third-order valence-electron chi connectivity index (χ3n) is 4.79. The molecule has 1 aromatic carbocycles. The number of nitrogens with one attached hydrogen (secondary N) is 1. The number of benzene rings is 1. The lowest BCUT2D eigenvalue weighted by Crippen LogP contribution is -2.48. The molecule has 2 fully saturated rings. The number of amides is 2. The fourth-order valence-electron chi connectivity index (χ4n) is 3.59. The molecule has 2 saturated heterocycles. The highest BCUT2D eigenvalue weighted by Crippen LogP contribution is 2.28. The molecular weight excluding hydrogens is 276 g/mol. The number of aryl methyl sites for hydroxylation is 1. The lowest BCUT2D eigenvalue weighted by molar-refractivity contribution is -0.132. The van der Waals surface area contributed by atoms with Gasteiger partial charge in [-0.25, -0.2) is 0 Å². The zero-order valence-electron chi connectivity index (χ0n) is 13.1. The van der Waals surface area contributed by atoms with Crippen LogP contribution in [0.25, 0.3) is 5.57 Å². The molecular formula is C18H22N2O2. The van der Waals surface area contributed by atoms with Crippen molar-refractivity contribution in [1.82, 2.24) is 10.2 Å². The van der Waals surface area contributed by atoms with Crippen molar-refractivity contribution in [2.45, 2.75) is 32.7 Å². The summed E-state index contributed by atoms with van der Waals surface area (Å²) in [5, 5.41) is 2.89. The van der Waals surface area contributed by atoms with Crippen molar-refractivity contribution in [1.29, 1.82) is 0 Å². The van der Waals surface area contributed by atoms with Crippen LogP contribution >= 0.6 is 0 Å². The molecule has 0 radical (unpaired) electrons. The molecule has 2 heterocycles. The van der Waals surface area contributed by atoms with E-state index in [0.717, 1.165) is 30.5 Å². The summed E-state index contributed by atoms with van der Waals surface area (Å²) >= 11 is 0. The molecule has 0 aliphatic carbocycles. The Morgan fingerprint density at radius 1 is 1.36 bits per heavy atom. The van der Waals surface area contributed by atoms with Gasteiger partial charge in [-0.3, -0.25) is 9.59 Å². The smallest absolute Gasteiger partial charge is 0.247 e. The first kappa shape index (κ1) is 14.8. The van der Waals surface area contributed by atoms with Crippen molar-refractivity contribution in [2.75, 3.05) is 13.1 Å². The molecule has 2 atom stereocenters. The first-order valence-electron chi connectivity index (χ1n) is 7.90. The maximum Gasteiger partial charge on any atom is 0.247 e. The van der Waals surface area contributed by atoms with Gasteiger partial charge >= 0.3 is 0 Å². The highest BCUT2D eigenvalue weighted by molar-refractivity contribution is 5.96. The predicted octanol–water partition coefficient (Wildman–Crippen LogP) is 2.14. The van der Waals surface area contributed by atoms with Crippen LogP contribution in [0, 0.1) is 12.8 Å². The molecule has 0 unspecified atom stereocenters. The van der Waals surface area contributed by atoms with Crippen LogP contribution in [0.5, 0.6) is 0 Å². The van der Waals surface area contributed by atoms with E-state index in [0.29, 0.717) is 6.54 Å². The van der Waals surface area contributed by atoms with E-state index in [1.165, 1.54) is 5.56 Å². The van der Waals surface area contributed by atoms with E-state index in [9.17, 15) is 9.59 Å². The molecule has 2 amide bonds. The summed E-state index contributed by atoms with van der Waals surface area (Å²) in [6, 6.07) is 8.09. The van der Waals surface area contributed by atoms with E-state index in [2.05, 4.69) is 5.32 Å². The molecule has 116 valence electrons. The van der Waals surface area contributed by atoms with Gasteiger partial charge in [-0.1, -0.05) is 24.3 Å². The van der Waals surface area contributed by atoms with E-state index in [4.69, 9.17) is 0 Å². The highest BCUT2D eigenvalue weighted by Gasteiger charge is 2.42. The van der Waals surface area contributed by atoms with Crippen molar-refractivity contribution < 1.29 is 9.59 Å². The quantitative estimate of drug-likeness (QED) is 0.850. The number of piperidine rings is 1. The van der Waals surface area contributed by atoms with Crippen molar-refractivity contribution in [3.63, 3.8) is 0 Å². The minimum absolute atomic E-state index is 0.0203. The van der Waals surface area contributed by atoms with Crippen molar-refractivity contribution in [3.05, 3.63) is 41.5 Å². The molecule has 0 bridgehead atoms. The second kappa shape index (κ2) is 5.95. The van der Waals surface area contributed by atoms with Gasteiger partial charge in [0.1, 0.15) is 0 Å². The Kier molecular flexibility index (Phi) is 4.01. The molecule has 22 heavy (non-hydrogen) atoms. The number of nitrogens with zero attached hydrogens (tertiary/aromatic N) is 1. The van der Waals surface area contributed by atoms with Gasteiger partial charge in [0, 0.05) is 19.2 Å². The summed E-state index contributed by atoms with van der Waals surface area (Å²) in [6.45, 7) is 5.35. The fraction of sp³-hybridized carbons (Fsp3) is 0.444. The Bertz CT molecular complexity index is 636. The normalized spacial score (nSPS) is 24.9. The summed E-state index contributed by atoms with van der Waals surface area (Å²) in [4.78, 5) is 26.3. The zero-order valence-corrected chi connectivity index (χ0v) is 13.1. The second-order valence-electron chi connectivity index (χ2n) is 6.24. The van der Waals surface area contributed by atoms with Crippen LogP contribution < -0.4 is 5.32 Å². The second-order valence-corrected chi connectivity index (χ2v) is 6.24. The minimum atomic E-state index is -0.0233. The summed E-state index contributed by atoms with van der Waals surface area (Å²) < 4.78 is 0. The van der Waals surface area contributed by atoms with Gasteiger partial charge in [-0.15, -0.1) is 0 Å². The molecule has 4 heteroatoms. The molecule has 0 aromatic heterocycles. The summed E-state index contributed by atoms with van der Waals surface area (Å²) in [5.74, 6) is 0.0962. The largest absolute Gasteiger partial charge is 0.354 e. The van der Waals surface area contributed by atoms with Crippen molar-refractivity contribution >= 4 is 17.4 Å². The van der Waals surface area contributed by atoms with E-state index >= 15 is 0 Å². The summed E-state index contributed by atoms with van der Waals surface area (Å²) in [7, 11) is 0. The number of likely N-dealkylation sites (tertiary alicyclic amines) is 1. The average molecular weight is 298 g/mol. The van der Waals surface area contributed by atoms with Gasteiger partial charge in [0.25, 0.3) is 0 Å². The van der Waals surface area contributed by atoms with Crippen LogP contribution in [0.1, 0.15) is 30.9 Å². The molecule has 0 saturated carbocycles. The van der Waals surface area contributed by atoms with Crippen LogP contribution in [0.3, 0.4) is 0 Å². The molecule has 4 nitrogen and oxygen atoms in total. The Morgan fingerprint density at radius 3 is 2.91 bits per heavy atom. The Morgan fingerprint density at radius 2 is 2.14 bits per heavy atom. The Hall–Kier alpha value is -2.10. The van der Waals surface area contributed by atoms with Crippen LogP contribution in [-0.2, 0) is 9.59 Å². The molecule has 0 spiro atoms. The highest BCUT2D eigenvalue weighted by atomic mass is 16.2. The maximum atomic E-state index is 12.7. The lowest BCUT2D eigenvalue weighted by atomic mass is 9.91. The lowest BCUT2D eigenvalue weighted by Gasteiger charge is -2.35. The Balaban J connectivity index is 1.80. The monoisotopic (exact) mass is 298 g/mol. The summed E-state index contributed by atoms with van der Waals surface area (Å²) in [5.41, 5.74) is 3.24. The summed E-state index contributed by atoms with van der Waals surface area (Å²) in [6.07, 6.45) is 3.51. The molecule has 1 aromatic rings. The first-order chi connectivity index (χ1) is 10.6. The van der Waals surface area contributed by atoms with E-state index in [-0.39, 0.29) is 23.8 Å². The number of hydrogen-bond acceptors (Lipinski definition) is 2. The van der Waals surface area contributed by atoms with Gasteiger partial charge in [-0.2, -0.15) is 0 Å². The van der Waals surface area contributed by atoms with Gasteiger partial charge in [-0.05, 0) is 43.4 Å². The van der Waals surface area contributed by atoms with Gasteiger partial charge < -0.3 is 10.2 Å². The van der Waals surface area contributed by atoms with Crippen molar-refractivity contribution in [3.8, 4) is 0 Å². The maximum absolute atomic E-state index is 12.7. The Labute approximate surface area is 131 Å². The number of fused-ring (bicyclic) bond motifs is 1. The van der Waals surface area contributed by atoms with Crippen LogP contribution in [0.2, 0.25) is 0 Å². The number of rotatable bonds is 2. The van der Waals surface area contributed by atoms with E-state index in [1.807, 2.05) is 43.0 Å². The predicted molar refractivity (Wildman–Crippen MR) is 86.1 cm³/mol. The van der Waals surface area contributed by atoms with Crippen LogP contribution in [0.4, 0.5) is 0 Å². The topological polar surface area (TPSA) is 49.4 Å². The van der Waals surface area contributed by atoms with Crippen LogP contribution in [-0.4, -0.2) is 35.8 Å². The SMILES string of the molecule is C/C(=C\C(=O)N1CCC[C@H]2C(=O)NC[C@H]21)c1ccccc1C. The first-order valence-corrected chi connectivity index (χ1v) is 7.90. The molecule has 2 aliphatic heterocycles. The number of carbonyl (C=O) groups is 2.